The van der Waals surface area contributed by atoms with Crippen molar-refractivity contribution >= 4 is 33.0 Å². The fourth-order valence-electron chi connectivity index (χ4n) is 1.32. The van der Waals surface area contributed by atoms with E-state index in [0.717, 1.165) is 5.69 Å². The number of thiazole rings is 1. The summed E-state index contributed by atoms with van der Waals surface area (Å²) in [5, 5.41) is 9.14. The van der Waals surface area contributed by atoms with E-state index in [1.807, 2.05) is 12.3 Å². The van der Waals surface area contributed by atoms with E-state index >= 15 is 0 Å². The van der Waals surface area contributed by atoms with Crippen LogP contribution in [0, 0.1) is 0 Å². The van der Waals surface area contributed by atoms with Gasteiger partial charge in [-0.15, -0.1) is 11.3 Å². The Kier molecular flexibility index (Phi) is 3.90. The predicted molar refractivity (Wildman–Crippen MR) is 71.3 cm³/mol. The van der Waals surface area contributed by atoms with E-state index in [-0.39, 0.29) is 5.56 Å². The molecule has 2 heterocycles. The Morgan fingerprint density at radius 1 is 1.59 bits per heavy atom. The Morgan fingerprint density at radius 2 is 2.41 bits per heavy atom. The van der Waals surface area contributed by atoms with Crippen LogP contribution in [0.1, 0.15) is 12.6 Å². The van der Waals surface area contributed by atoms with Gasteiger partial charge in [0, 0.05) is 11.9 Å². The van der Waals surface area contributed by atoms with E-state index in [4.69, 9.17) is 0 Å². The molecular weight excluding hydrogens is 304 g/mol. The van der Waals surface area contributed by atoms with Crippen molar-refractivity contribution in [2.24, 2.45) is 0 Å². The highest BCUT2D eigenvalue weighted by Crippen LogP contribution is 2.17. The summed E-state index contributed by atoms with van der Waals surface area (Å²) in [5.74, 6) is 0. The second-order valence-electron chi connectivity index (χ2n) is 3.33. The summed E-state index contributed by atoms with van der Waals surface area (Å²) in [4.78, 5) is 15.9. The Balaban J connectivity index is 2.17. The van der Waals surface area contributed by atoms with Crippen LogP contribution in [-0.4, -0.2) is 14.8 Å². The van der Waals surface area contributed by atoms with Gasteiger partial charge in [0.2, 0.25) is 0 Å². The summed E-state index contributed by atoms with van der Waals surface area (Å²) in [6, 6.07) is 0. The van der Waals surface area contributed by atoms with E-state index in [1.165, 1.54) is 4.68 Å². The molecule has 0 aliphatic heterocycles. The number of aryl methyl sites for hydroxylation is 1. The highest BCUT2D eigenvalue weighted by Gasteiger charge is 2.07. The van der Waals surface area contributed by atoms with Gasteiger partial charge in [-0.25, -0.2) is 9.67 Å². The molecule has 0 amide bonds. The lowest BCUT2D eigenvalue weighted by Crippen LogP contribution is -2.23. The van der Waals surface area contributed by atoms with Crippen LogP contribution in [0.25, 0.3) is 0 Å². The second-order valence-corrected chi connectivity index (χ2v) is 4.84. The van der Waals surface area contributed by atoms with Crippen LogP contribution in [0.4, 0.5) is 5.69 Å². The van der Waals surface area contributed by atoms with Crippen LogP contribution in [0.15, 0.2) is 26.4 Å². The first-order chi connectivity index (χ1) is 8.22. The maximum atomic E-state index is 11.8. The molecule has 1 N–H and O–H groups in total. The van der Waals surface area contributed by atoms with Crippen LogP contribution in [0.3, 0.4) is 0 Å². The van der Waals surface area contributed by atoms with E-state index in [0.29, 0.717) is 23.2 Å². The highest BCUT2D eigenvalue weighted by atomic mass is 79.9. The second kappa shape index (κ2) is 5.42. The SMILES string of the molecule is CCn1ncc(NCc2cscn2)c(Br)c1=O. The van der Waals surface area contributed by atoms with Gasteiger partial charge >= 0.3 is 0 Å². The standard InChI is InChI=1S/C10H11BrN4OS/c1-2-15-10(16)9(11)8(4-14-15)12-3-7-5-17-6-13-7/h4-6,12H,2-3H2,1H3. The summed E-state index contributed by atoms with van der Waals surface area (Å²) in [6.07, 6.45) is 1.64. The lowest BCUT2D eigenvalue weighted by Gasteiger charge is -2.08. The van der Waals surface area contributed by atoms with Gasteiger partial charge in [0.1, 0.15) is 4.47 Å². The fourth-order valence-corrected chi connectivity index (χ4v) is 2.33. The van der Waals surface area contributed by atoms with Crippen LogP contribution in [0.2, 0.25) is 0 Å². The maximum Gasteiger partial charge on any atom is 0.283 e. The highest BCUT2D eigenvalue weighted by molar-refractivity contribution is 9.10. The smallest absolute Gasteiger partial charge is 0.283 e. The zero-order chi connectivity index (χ0) is 12.3. The monoisotopic (exact) mass is 314 g/mol. The summed E-state index contributed by atoms with van der Waals surface area (Å²) in [5.41, 5.74) is 3.28. The van der Waals surface area contributed by atoms with Crippen LogP contribution >= 0.6 is 27.3 Å². The van der Waals surface area contributed by atoms with Gasteiger partial charge in [0.05, 0.1) is 29.6 Å². The van der Waals surface area contributed by atoms with Crippen molar-refractivity contribution in [1.29, 1.82) is 0 Å². The first-order valence-electron chi connectivity index (χ1n) is 5.09. The molecule has 0 saturated heterocycles. The molecule has 7 heteroatoms. The molecule has 0 atom stereocenters. The van der Waals surface area contributed by atoms with E-state index in [1.54, 1.807) is 23.0 Å². The van der Waals surface area contributed by atoms with Crippen molar-refractivity contribution in [3.05, 3.63) is 37.6 Å². The van der Waals surface area contributed by atoms with Crippen LogP contribution < -0.4 is 10.9 Å². The Morgan fingerprint density at radius 3 is 3.06 bits per heavy atom. The molecule has 5 nitrogen and oxygen atoms in total. The molecule has 0 unspecified atom stereocenters. The van der Waals surface area contributed by atoms with E-state index in [2.05, 4.69) is 31.3 Å². The lowest BCUT2D eigenvalue weighted by molar-refractivity contribution is 0.613. The molecule has 0 fully saturated rings. The molecular formula is C10H11BrN4OS. The van der Waals surface area contributed by atoms with Crippen molar-refractivity contribution in [2.45, 2.75) is 20.0 Å². The molecule has 0 aliphatic rings. The molecule has 17 heavy (non-hydrogen) atoms. The third-order valence-electron chi connectivity index (χ3n) is 2.23. The Labute approximate surface area is 111 Å². The van der Waals surface area contributed by atoms with Crippen molar-refractivity contribution < 1.29 is 0 Å². The minimum atomic E-state index is -0.129. The molecule has 0 spiro atoms. The van der Waals surface area contributed by atoms with Crippen molar-refractivity contribution in [2.75, 3.05) is 5.32 Å². The molecule has 0 aliphatic carbocycles. The first kappa shape index (κ1) is 12.3. The van der Waals surface area contributed by atoms with Gasteiger partial charge in [-0.05, 0) is 22.9 Å². The minimum absolute atomic E-state index is 0.129. The molecule has 0 bridgehead atoms. The number of anilines is 1. The number of halogens is 1. The van der Waals surface area contributed by atoms with Crippen molar-refractivity contribution in [3.8, 4) is 0 Å². The first-order valence-corrected chi connectivity index (χ1v) is 6.82. The Hall–Kier alpha value is -1.21. The van der Waals surface area contributed by atoms with Crippen molar-refractivity contribution in [1.82, 2.24) is 14.8 Å². The van der Waals surface area contributed by atoms with Gasteiger partial charge in [0.15, 0.2) is 0 Å². The molecule has 2 aromatic heterocycles. The quantitative estimate of drug-likeness (QED) is 0.938. The fraction of sp³-hybridized carbons (Fsp3) is 0.300. The van der Waals surface area contributed by atoms with Gasteiger partial charge in [-0.1, -0.05) is 0 Å². The molecule has 0 saturated carbocycles. The zero-order valence-electron chi connectivity index (χ0n) is 9.18. The van der Waals surface area contributed by atoms with Crippen LogP contribution in [0.5, 0.6) is 0 Å². The summed E-state index contributed by atoms with van der Waals surface area (Å²) < 4.78 is 1.91. The lowest BCUT2D eigenvalue weighted by atomic mass is 10.4. The zero-order valence-corrected chi connectivity index (χ0v) is 11.6. The number of nitrogens with one attached hydrogen (secondary N) is 1. The van der Waals surface area contributed by atoms with Gasteiger partial charge in [-0.3, -0.25) is 4.79 Å². The van der Waals surface area contributed by atoms with Crippen LogP contribution in [-0.2, 0) is 13.1 Å². The summed E-state index contributed by atoms with van der Waals surface area (Å²) >= 11 is 4.83. The van der Waals surface area contributed by atoms with E-state index in [9.17, 15) is 4.79 Å². The number of nitrogens with zero attached hydrogens (tertiary/aromatic N) is 3. The molecule has 90 valence electrons. The number of hydrogen-bond donors (Lipinski definition) is 1. The number of hydrogen-bond acceptors (Lipinski definition) is 5. The number of aromatic nitrogens is 3. The number of rotatable bonds is 4. The third-order valence-corrected chi connectivity index (χ3v) is 3.63. The average Bonchev–Trinajstić information content (AvgIpc) is 2.84. The Bertz CT molecular complexity index is 552. The van der Waals surface area contributed by atoms with E-state index < -0.39 is 0 Å². The molecule has 0 radical (unpaired) electrons. The van der Waals surface area contributed by atoms with Gasteiger partial charge in [-0.2, -0.15) is 5.10 Å². The molecule has 0 aromatic carbocycles. The normalized spacial score (nSPS) is 10.5. The maximum absolute atomic E-state index is 11.8. The molecule has 2 rings (SSSR count). The molecule has 2 aromatic rings. The summed E-state index contributed by atoms with van der Waals surface area (Å²) in [7, 11) is 0. The van der Waals surface area contributed by atoms with Gasteiger partial charge in [0.25, 0.3) is 5.56 Å². The van der Waals surface area contributed by atoms with Crippen molar-refractivity contribution in [3.63, 3.8) is 0 Å². The average molecular weight is 315 g/mol. The topological polar surface area (TPSA) is 59.8 Å². The predicted octanol–water partition coefficient (Wildman–Crippen LogP) is 2.09. The summed E-state index contributed by atoms with van der Waals surface area (Å²) in [6.45, 7) is 3.02. The largest absolute Gasteiger partial charge is 0.377 e. The third kappa shape index (κ3) is 2.73. The van der Waals surface area contributed by atoms with Gasteiger partial charge < -0.3 is 5.32 Å². The minimum Gasteiger partial charge on any atom is -0.377 e.